The molecule has 1 unspecified atom stereocenters. The van der Waals surface area contributed by atoms with Gasteiger partial charge in [0.15, 0.2) is 5.82 Å². The lowest BCUT2D eigenvalue weighted by Gasteiger charge is -2.26. The van der Waals surface area contributed by atoms with Crippen LogP contribution in [0.1, 0.15) is 17.8 Å². The van der Waals surface area contributed by atoms with Crippen molar-refractivity contribution in [3.8, 4) is 11.4 Å². The number of primary amides is 1. The number of rotatable bonds is 5. The first-order chi connectivity index (χ1) is 13.5. The number of likely N-dealkylation sites (tertiary alicyclic amines) is 1. The third-order valence-electron chi connectivity index (χ3n) is 5.58. The van der Waals surface area contributed by atoms with Crippen LogP contribution in [0.4, 0.5) is 0 Å². The molecule has 0 saturated carbocycles. The molecule has 144 valence electrons. The molecule has 1 fully saturated rings. The van der Waals surface area contributed by atoms with Crippen LogP contribution in [-0.4, -0.2) is 38.7 Å². The number of nitrogens with two attached hydrogens (primary N) is 1. The normalized spacial score (nSPS) is 19.8. The van der Waals surface area contributed by atoms with Crippen LogP contribution in [0, 0.1) is 0 Å². The first-order valence-electron chi connectivity index (χ1n) is 9.21. The first-order valence-corrected chi connectivity index (χ1v) is 9.59. The molecule has 7 heteroatoms. The largest absolute Gasteiger partial charge is 0.369 e. The highest BCUT2D eigenvalue weighted by Crippen LogP contribution is 2.35. The van der Waals surface area contributed by atoms with Gasteiger partial charge in [-0.3, -0.25) is 9.69 Å². The SMILES string of the molecule is Cn1c(CN2CCC(C(N)=O)(c3ccccc3)C2)nnc1-c1ccc(Cl)cc1. The zero-order valence-corrected chi connectivity index (χ0v) is 16.4. The molecule has 6 nitrogen and oxygen atoms in total. The van der Waals surface area contributed by atoms with Gasteiger partial charge in [-0.2, -0.15) is 0 Å². The lowest BCUT2D eigenvalue weighted by atomic mass is 9.79. The fraction of sp³-hybridized carbons (Fsp3) is 0.286. The van der Waals surface area contributed by atoms with Gasteiger partial charge in [-0.25, -0.2) is 0 Å². The number of benzene rings is 2. The molecule has 1 amide bonds. The number of halogens is 1. The molecule has 2 N–H and O–H groups in total. The van der Waals surface area contributed by atoms with E-state index >= 15 is 0 Å². The second-order valence-corrected chi connectivity index (χ2v) is 7.72. The number of hydrogen-bond acceptors (Lipinski definition) is 4. The molecular formula is C21H22ClN5O. The van der Waals surface area contributed by atoms with Crippen molar-refractivity contribution in [2.24, 2.45) is 12.8 Å². The van der Waals surface area contributed by atoms with Gasteiger partial charge >= 0.3 is 0 Å². The molecule has 1 aromatic heterocycles. The maximum absolute atomic E-state index is 12.4. The van der Waals surface area contributed by atoms with E-state index in [1.807, 2.05) is 66.2 Å². The number of carbonyl (C=O) groups excluding carboxylic acids is 1. The molecule has 0 aliphatic carbocycles. The van der Waals surface area contributed by atoms with Gasteiger partial charge in [0.2, 0.25) is 5.91 Å². The predicted molar refractivity (Wildman–Crippen MR) is 109 cm³/mol. The summed E-state index contributed by atoms with van der Waals surface area (Å²) in [7, 11) is 1.95. The number of amides is 1. The Morgan fingerprint density at radius 1 is 1.14 bits per heavy atom. The summed E-state index contributed by atoms with van der Waals surface area (Å²) in [6.45, 7) is 1.97. The van der Waals surface area contributed by atoms with Crippen LogP contribution in [0.2, 0.25) is 5.02 Å². The van der Waals surface area contributed by atoms with Gasteiger partial charge < -0.3 is 10.3 Å². The summed E-state index contributed by atoms with van der Waals surface area (Å²) in [5.41, 5.74) is 7.12. The van der Waals surface area contributed by atoms with E-state index in [1.54, 1.807) is 0 Å². The molecule has 1 atom stereocenters. The Bertz CT molecular complexity index is 986. The molecule has 1 aliphatic heterocycles. The van der Waals surface area contributed by atoms with Crippen LogP contribution in [0.3, 0.4) is 0 Å². The van der Waals surface area contributed by atoms with E-state index in [4.69, 9.17) is 17.3 Å². The molecule has 4 rings (SSSR count). The highest BCUT2D eigenvalue weighted by Gasteiger charge is 2.44. The minimum atomic E-state index is -0.654. The minimum Gasteiger partial charge on any atom is -0.369 e. The summed E-state index contributed by atoms with van der Waals surface area (Å²) >= 11 is 5.97. The van der Waals surface area contributed by atoms with E-state index < -0.39 is 5.41 Å². The standard InChI is InChI=1S/C21H22ClN5O/c1-26-18(24-25-19(26)15-7-9-17(22)10-8-15)13-27-12-11-21(14-27,20(23)28)16-5-3-2-4-6-16/h2-10H,11-14H2,1H3,(H2,23,28). The molecule has 0 radical (unpaired) electrons. The summed E-state index contributed by atoms with van der Waals surface area (Å²) in [5, 5.41) is 9.39. The lowest BCUT2D eigenvalue weighted by Crippen LogP contribution is -2.43. The number of hydrogen-bond donors (Lipinski definition) is 1. The molecule has 1 saturated heterocycles. The van der Waals surface area contributed by atoms with Crippen molar-refractivity contribution < 1.29 is 4.79 Å². The number of nitrogens with zero attached hydrogens (tertiary/aromatic N) is 4. The van der Waals surface area contributed by atoms with E-state index in [9.17, 15) is 4.79 Å². The van der Waals surface area contributed by atoms with E-state index in [2.05, 4.69) is 15.1 Å². The van der Waals surface area contributed by atoms with Gasteiger partial charge in [0.25, 0.3) is 0 Å². The van der Waals surface area contributed by atoms with Crippen molar-refractivity contribution in [3.63, 3.8) is 0 Å². The molecule has 2 heterocycles. The van der Waals surface area contributed by atoms with Gasteiger partial charge in [-0.05, 0) is 36.2 Å². The third kappa shape index (κ3) is 3.30. The van der Waals surface area contributed by atoms with Crippen LogP contribution in [-0.2, 0) is 23.8 Å². The fourth-order valence-corrected chi connectivity index (χ4v) is 4.04. The van der Waals surface area contributed by atoms with Crippen LogP contribution in [0.5, 0.6) is 0 Å². The topological polar surface area (TPSA) is 77.0 Å². The Morgan fingerprint density at radius 2 is 1.86 bits per heavy atom. The Kier molecular flexibility index (Phi) is 4.91. The number of aromatic nitrogens is 3. The van der Waals surface area contributed by atoms with Crippen molar-refractivity contribution in [1.29, 1.82) is 0 Å². The Balaban J connectivity index is 1.55. The van der Waals surface area contributed by atoms with Crippen molar-refractivity contribution >= 4 is 17.5 Å². The molecule has 0 bridgehead atoms. The molecule has 1 aliphatic rings. The van der Waals surface area contributed by atoms with Crippen molar-refractivity contribution in [2.75, 3.05) is 13.1 Å². The highest BCUT2D eigenvalue weighted by atomic mass is 35.5. The zero-order valence-electron chi connectivity index (χ0n) is 15.7. The van der Waals surface area contributed by atoms with E-state index in [1.165, 1.54) is 0 Å². The number of carbonyl (C=O) groups is 1. The lowest BCUT2D eigenvalue weighted by molar-refractivity contribution is -0.123. The molecule has 28 heavy (non-hydrogen) atoms. The summed E-state index contributed by atoms with van der Waals surface area (Å²) in [6.07, 6.45) is 0.703. The predicted octanol–water partition coefficient (Wildman–Crippen LogP) is 2.76. The average Bonchev–Trinajstić information content (AvgIpc) is 3.29. The van der Waals surface area contributed by atoms with Crippen LogP contribution >= 0.6 is 11.6 Å². The highest BCUT2D eigenvalue weighted by molar-refractivity contribution is 6.30. The zero-order chi connectivity index (χ0) is 19.7. The second kappa shape index (κ2) is 7.37. The van der Waals surface area contributed by atoms with Crippen LogP contribution < -0.4 is 5.73 Å². The minimum absolute atomic E-state index is 0.277. The first kappa shape index (κ1) is 18.7. The summed E-state index contributed by atoms with van der Waals surface area (Å²) in [4.78, 5) is 14.6. The Morgan fingerprint density at radius 3 is 2.54 bits per heavy atom. The Labute approximate surface area is 168 Å². The maximum Gasteiger partial charge on any atom is 0.229 e. The summed E-state index contributed by atoms with van der Waals surface area (Å²) < 4.78 is 1.98. The van der Waals surface area contributed by atoms with Crippen LogP contribution in [0.25, 0.3) is 11.4 Å². The van der Waals surface area contributed by atoms with Gasteiger partial charge in [-0.1, -0.05) is 41.9 Å². The smallest absolute Gasteiger partial charge is 0.229 e. The molecule has 2 aromatic carbocycles. The fourth-order valence-electron chi connectivity index (χ4n) is 3.91. The molecule has 0 spiro atoms. The maximum atomic E-state index is 12.4. The summed E-state index contributed by atoms with van der Waals surface area (Å²) in [5.74, 6) is 1.36. The van der Waals surface area contributed by atoms with Gasteiger partial charge in [0.05, 0.1) is 12.0 Å². The van der Waals surface area contributed by atoms with E-state index in [0.29, 0.717) is 24.5 Å². The van der Waals surface area contributed by atoms with Gasteiger partial charge in [0, 0.05) is 30.7 Å². The van der Waals surface area contributed by atoms with Crippen LogP contribution in [0.15, 0.2) is 54.6 Å². The molecule has 3 aromatic rings. The van der Waals surface area contributed by atoms with Crippen molar-refractivity contribution in [2.45, 2.75) is 18.4 Å². The van der Waals surface area contributed by atoms with E-state index in [0.717, 1.165) is 29.3 Å². The third-order valence-corrected chi connectivity index (χ3v) is 5.83. The Hall–Kier alpha value is -2.70. The second-order valence-electron chi connectivity index (χ2n) is 7.28. The average molecular weight is 396 g/mol. The van der Waals surface area contributed by atoms with Gasteiger partial charge in [0.1, 0.15) is 5.82 Å². The monoisotopic (exact) mass is 395 g/mol. The van der Waals surface area contributed by atoms with Crippen molar-refractivity contribution in [1.82, 2.24) is 19.7 Å². The quantitative estimate of drug-likeness (QED) is 0.720. The van der Waals surface area contributed by atoms with Gasteiger partial charge in [-0.15, -0.1) is 10.2 Å². The van der Waals surface area contributed by atoms with Crippen molar-refractivity contribution in [3.05, 3.63) is 71.0 Å². The summed E-state index contributed by atoms with van der Waals surface area (Å²) in [6, 6.07) is 17.3. The van der Waals surface area contributed by atoms with E-state index in [-0.39, 0.29) is 5.91 Å². The molecular weight excluding hydrogens is 374 g/mol.